The van der Waals surface area contributed by atoms with E-state index in [1.807, 2.05) is 0 Å². The zero-order valence-corrected chi connectivity index (χ0v) is 17.2. The van der Waals surface area contributed by atoms with E-state index in [4.69, 9.17) is 9.73 Å². The highest BCUT2D eigenvalue weighted by molar-refractivity contribution is 7.07. The van der Waals surface area contributed by atoms with Crippen LogP contribution in [-0.2, 0) is 11.3 Å². The summed E-state index contributed by atoms with van der Waals surface area (Å²) in [7, 11) is 0. The van der Waals surface area contributed by atoms with Crippen molar-refractivity contribution in [3.05, 3.63) is 70.3 Å². The Morgan fingerprint density at radius 3 is 2.46 bits per heavy atom. The largest absolute Gasteiger partial charge is 0.379 e. The first kappa shape index (κ1) is 19.1. The summed E-state index contributed by atoms with van der Waals surface area (Å²) in [6, 6.07) is 19.0. The number of morpholine rings is 1. The van der Waals surface area contributed by atoms with E-state index in [0.29, 0.717) is 0 Å². The first-order chi connectivity index (χ1) is 13.8. The molecule has 4 nitrogen and oxygen atoms in total. The lowest BCUT2D eigenvalue weighted by Crippen LogP contribution is -2.37. The van der Waals surface area contributed by atoms with Crippen LogP contribution in [0.2, 0.25) is 0 Å². The van der Waals surface area contributed by atoms with Gasteiger partial charge in [-0.1, -0.05) is 48.0 Å². The maximum atomic E-state index is 5.46. The van der Waals surface area contributed by atoms with E-state index in [1.54, 1.807) is 11.3 Å². The Labute approximate surface area is 170 Å². The maximum absolute atomic E-state index is 5.46. The van der Waals surface area contributed by atoms with Crippen molar-refractivity contribution in [2.45, 2.75) is 19.9 Å². The molecule has 1 aliphatic rings. The van der Waals surface area contributed by atoms with Crippen molar-refractivity contribution < 1.29 is 4.74 Å². The fraction of sp³-hybridized carbons (Fsp3) is 0.348. The number of nitrogens with zero attached hydrogens (tertiary/aromatic N) is 3. The topological polar surface area (TPSA) is 29.8 Å². The second kappa shape index (κ2) is 9.32. The van der Waals surface area contributed by atoms with E-state index >= 15 is 0 Å². The van der Waals surface area contributed by atoms with Gasteiger partial charge in [0.25, 0.3) is 0 Å². The Balaban J connectivity index is 1.60. The van der Waals surface area contributed by atoms with E-state index in [-0.39, 0.29) is 0 Å². The highest BCUT2D eigenvalue weighted by Gasteiger charge is 2.12. The minimum absolute atomic E-state index is 0.856. The van der Waals surface area contributed by atoms with Gasteiger partial charge >= 0.3 is 0 Å². The molecule has 2 heterocycles. The molecular formula is C23H27N3OS. The molecule has 1 fully saturated rings. The molecular weight excluding hydrogens is 366 g/mol. The van der Waals surface area contributed by atoms with Gasteiger partial charge in [-0.2, -0.15) is 0 Å². The molecule has 5 heteroatoms. The molecule has 146 valence electrons. The molecule has 0 N–H and O–H groups in total. The fourth-order valence-electron chi connectivity index (χ4n) is 3.48. The minimum Gasteiger partial charge on any atom is -0.379 e. The smallest absolute Gasteiger partial charge is 0.190 e. The number of hydrogen-bond donors (Lipinski definition) is 0. The molecule has 3 aromatic rings. The normalized spacial score (nSPS) is 15.8. The molecule has 4 rings (SSSR count). The summed E-state index contributed by atoms with van der Waals surface area (Å²) in [4.78, 5) is 8.50. The van der Waals surface area contributed by atoms with Gasteiger partial charge in [-0.15, -0.1) is 11.3 Å². The lowest BCUT2D eigenvalue weighted by Gasteiger charge is -2.26. The summed E-state index contributed by atoms with van der Waals surface area (Å²) < 4.78 is 7.84. The Morgan fingerprint density at radius 1 is 0.964 bits per heavy atom. The third-order valence-electron chi connectivity index (χ3n) is 5.09. The van der Waals surface area contributed by atoms with Gasteiger partial charge in [0.2, 0.25) is 0 Å². The van der Waals surface area contributed by atoms with E-state index in [0.717, 1.165) is 56.3 Å². The van der Waals surface area contributed by atoms with E-state index in [9.17, 15) is 0 Å². The zero-order valence-electron chi connectivity index (χ0n) is 16.4. The number of benzene rings is 2. The second-order valence-corrected chi connectivity index (χ2v) is 8.01. The van der Waals surface area contributed by atoms with Gasteiger partial charge in [0.05, 0.1) is 24.6 Å². The van der Waals surface area contributed by atoms with Gasteiger partial charge in [-0.05, 0) is 31.0 Å². The van der Waals surface area contributed by atoms with Crippen LogP contribution in [0.3, 0.4) is 0 Å². The number of aromatic nitrogens is 1. The van der Waals surface area contributed by atoms with Gasteiger partial charge in [0, 0.05) is 31.6 Å². The Kier molecular flexibility index (Phi) is 6.37. The van der Waals surface area contributed by atoms with Crippen LogP contribution in [0.25, 0.3) is 11.3 Å². The summed E-state index contributed by atoms with van der Waals surface area (Å²) in [5, 5.41) is 2.23. The summed E-state index contributed by atoms with van der Waals surface area (Å²) >= 11 is 1.72. The Morgan fingerprint density at radius 2 is 1.71 bits per heavy atom. The van der Waals surface area contributed by atoms with Crippen LogP contribution in [0.1, 0.15) is 12.0 Å². The van der Waals surface area contributed by atoms with Crippen molar-refractivity contribution in [1.82, 2.24) is 9.47 Å². The summed E-state index contributed by atoms with van der Waals surface area (Å²) in [5.41, 5.74) is 4.76. The molecule has 0 radical (unpaired) electrons. The van der Waals surface area contributed by atoms with Crippen LogP contribution < -0.4 is 4.80 Å². The molecule has 1 aromatic heterocycles. The maximum Gasteiger partial charge on any atom is 0.190 e. The molecule has 1 aliphatic heterocycles. The van der Waals surface area contributed by atoms with E-state index < -0.39 is 0 Å². The highest BCUT2D eigenvalue weighted by atomic mass is 32.1. The lowest BCUT2D eigenvalue weighted by molar-refractivity contribution is 0.0369. The monoisotopic (exact) mass is 393 g/mol. The van der Waals surface area contributed by atoms with Crippen LogP contribution in [0.15, 0.2) is 65.0 Å². The first-order valence-corrected chi connectivity index (χ1v) is 10.8. The predicted octanol–water partition coefficient (Wildman–Crippen LogP) is 4.48. The first-order valence-electron chi connectivity index (χ1n) is 9.95. The number of aryl methyl sites for hydroxylation is 1. The summed E-state index contributed by atoms with van der Waals surface area (Å²) in [6.07, 6.45) is 1.11. The summed E-state index contributed by atoms with van der Waals surface area (Å²) in [6.45, 7) is 7.97. The molecule has 0 bridgehead atoms. The predicted molar refractivity (Wildman–Crippen MR) is 116 cm³/mol. The second-order valence-electron chi connectivity index (χ2n) is 7.18. The molecule has 2 aromatic carbocycles. The molecule has 1 saturated heterocycles. The van der Waals surface area contributed by atoms with Crippen molar-refractivity contribution in [2.24, 2.45) is 4.99 Å². The number of ether oxygens (including phenoxy) is 1. The Hall–Kier alpha value is -2.21. The van der Waals surface area contributed by atoms with Gasteiger partial charge in [0.15, 0.2) is 4.80 Å². The SMILES string of the molecule is Cc1ccc(N=c2scc(-c3ccccc3)n2CCCN2CCOCC2)cc1. The Bertz CT molecular complexity index is 938. The van der Waals surface area contributed by atoms with Gasteiger partial charge in [-0.25, -0.2) is 4.99 Å². The molecule has 0 atom stereocenters. The van der Waals surface area contributed by atoms with Crippen LogP contribution in [0, 0.1) is 6.92 Å². The van der Waals surface area contributed by atoms with Crippen LogP contribution >= 0.6 is 11.3 Å². The lowest BCUT2D eigenvalue weighted by atomic mass is 10.2. The van der Waals surface area contributed by atoms with Gasteiger partial charge in [-0.3, -0.25) is 4.90 Å². The third-order valence-corrected chi connectivity index (χ3v) is 5.95. The third kappa shape index (κ3) is 4.79. The van der Waals surface area contributed by atoms with Gasteiger partial charge in [0.1, 0.15) is 0 Å². The molecule has 0 spiro atoms. The molecule has 0 saturated carbocycles. The van der Waals surface area contributed by atoms with Crippen LogP contribution in [0.5, 0.6) is 0 Å². The van der Waals surface area contributed by atoms with Crippen LogP contribution in [-0.4, -0.2) is 42.3 Å². The van der Waals surface area contributed by atoms with Crippen molar-refractivity contribution in [3.8, 4) is 11.3 Å². The minimum atomic E-state index is 0.856. The molecule has 0 amide bonds. The molecule has 0 unspecified atom stereocenters. The molecule has 0 aliphatic carbocycles. The van der Waals surface area contributed by atoms with E-state index in [1.165, 1.54) is 16.8 Å². The number of hydrogen-bond acceptors (Lipinski definition) is 4. The highest BCUT2D eigenvalue weighted by Crippen LogP contribution is 2.21. The van der Waals surface area contributed by atoms with Gasteiger partial charge < -0.3 is 9.30 Å². The van der Waals surface area contributed by atoms with Crippen molar-refractivity contribution in [1.29, 1.82) is 0 Å². The number of rotatable bonds is 6. The standard InChI is InChI=1S/C23H27N3OS/c1-19-8-10-21(11-9-19)24-23-26(13-5-12-25-14-16-27-17-15-25)22(18-28-23)20-6-3-2-4-7-20/h2-4,6-11,18H,5,12-17H2,1H3. The fourth-order valence-corrected chi connectivity index (χ4v) is 4.44. The van der Waals surface area contributed by atoms with Crippen molar-refractivity contribution in [3.63, 3.8) is 0 Å². The average molecular weight is 394 g/mol. The van der Waals surface area contributed by atoms with Crippen molar-refractivity contribution >= 4 is 17.0 Å². The molecule has 28 heavy (non-hydrogen) atoms. The zero-order chi connectivity index (χ0) is 19.2. The quantitative estimate of drug-likeness (QED) is 0.618. The summed E-state index contributed by atoms with van der Waals surface area (Å²) in [5.74, 6) is 0. The van der Waals surface area contributed by atoms with E-state index in [2.05, 4.69) is 76.4 Å². The average Bonchev–Trinajstić information content (AvgIpc) is 3.13. The van der Waals surface area contributed by atoms with Crippen LogP contribution in [0.4, 0.5) is 5.69 Å². The number of thiazole rings is 1. The van der Waals surface area contributed by atoms with Crippen molar-refractivity contribution in [2.75, 3.05) is 32.8 Å².